The minimum atomic E-state index is -2.47. The molecule has 3 rings (SSSR count). The van der Waals surface area contributed by atoms with Crippen LogP contribution in [-0.4, -0.2) is 29.3 Å². The van der Waals surface area contributed by atoms with Crippen LogP contribution in [-0.2, 0) is 18.6 Å². The van der Waals surface area contributed by atoms with E-state index in [1.54, 1.807) is 13.0 Å². The predicted octanol–water partition coefficient (Wildman–Crippen LogP) is 6.85. The van der Waals surface area contributed by atoms with Gasteiger partial charge in [0.15, 0.2) is 0 Å². The Morgan fingerprint density at radius 3 is 2.44 bits per heavy atom. The first-order chi connectivity index (χ1) is 17.2. The maximum absolute atomic E-state index is 14.0. The fourth-order valence-electron chi connectivity index (χ4n) is 4.21. The molecule has 0 fully saturated rings. The molecule has 0 saturated heterocycles. The predicted molar refractivity (Wildman–Crippen MR) is 138 cm³/mol. The maximum Gasteiger partial charge on any atom is 0.518 e. The van der Waals surface area contributed by atoms with Crippen molar-refractivity contribution >= 4 is 14.0 Å². The number of rotatable bonds is 10. The normalized spacial score (nSPS) is 13.2. The minimum Gasteiger partial charge on any atom is -0.435 e. The SMILES string of the molecule is C=COC(=O)CC(O)C(c1c(-c2ccc(F)cc2C)cc(-c2ccccc2)nc1C(C)C)[P+](=O)OC. The second kappa shape index (κ2) is 12.1. The third-order valence-electron chi connectivity index (χ3n) is 5.84. The highest BCUT2D eigenvalue weighted by Gasteiger charge is 2.45. The van der Waals surface area contributed by atoms with E-state index in [-0.39, 0.29) is 11.7 Å². The first-order valence-electron chi connectivity index (χ1n) is 11.5. The number of hydrogen-bond acceptors (Lipinski definition) is 6. The monoisotopic (exact) mass is 510 g/mol. The first kappa shape index (κ1) is 27.3. The number of nitrogens with zero attached hydrogens (tertiary/aromatic N) is 1. The number of esters is 1. The summed E-state index contributed by atoms with van der Waals surface area (Å²) < 4.78 is 37.3. The van der Waals surface area contributed by atoms with E-state index in [1.165, 1.54) is 19.2 Å². The van der Waals surface area contributed by atoms with E-state index >= 15 is 0 Å². The molecule has 0 amide bonds. The number of aliphatic hydroxyl groups is 1. The summed E-state index contributed by atoms with van der Waals surface area (Å²) >= 11 is 0. The van der Waals surface area contributed by atoms with Gasteiger partial charge in [0.05, 0.1) is 31.2 Å². The van der Waals surface area contributed by atoms with Crippen molar-refractivity contribution in [3.05, 3.63) is 90.1 Å². The number of aryl methyl sites for hydroxylation is 1. The number of ether oxygens (including phenoxy) is 1. The number of hydrogen-bond donors (Lipinski definition) is 1. The van der Waals surface area contributed by atoms with Crippen LogP contribution in [0.5, 0.6) is 0 Å². The van der Waals surface area contributed by atoms with Crippen LogP contribution in [0.3, 0.4) is 0 Å². The zero-order valence-electron chi connectivity index (χ0n) is 20.8. The number of pyridine rings is 1. The third kappa shape index (κ3) is 6.11. The average molecular weight is 511 g/mol. The molecule has 3 unspecified atom stereocenters. The standard InChI is InChI=1S/C28H30FNO5P/c1-6-35-25(32)16-24(31)28(36(33)34-5)26-22(21-13-12-20(29)14-18(21)4)15-23(30-27(26)17(2)3)19-10-8-7-9-11-19/h6-15,17,24,28,31H,1,16H2,2-5H3/q+1. The van der Waals surface area contributed by atoms with E-state index in [4.69, 9.17) is 14.2 Å². The molecule has 0 saturated carbocycles. The van der Waals surface area contributed by atoms with Crippen molar-refractivity contribution in [1.82, 2.24) is 4.98 Å². The Hall–Kier alpha value is -3.25. The molecular formula is C28H30FNO5P+. The van der Waals surface area contributed by atoms with Crippen LogP contribution >= 0.6 is 8.03 Å². The summed E-state index contributed by atoms with van der Waals surface area (Å²) in [6.45, 7) is 9.03. The summed E-state index contributed by atoms with van der Waals surface area (Å²) in [4.78, 5) is 17.1. The van der Waals surface area contributed by atoms with Crippen molar-refractivity contribution in [2.24, 2.45) is 0 Å². The largest absolute Gasteiger partial charge is 0.518 e. The topological polar surface area (TPSA) is 85.7 Å². The van der Waals surface area contributed by atoms with Gasteiger partial charge in [-0.05, 0) is 52.3 Å². The quantitative estimate of drug-likeness (QED) is 0.182. The fraction of sp³-hybridized carbons (Fsp3) is 0.286. The van der Waals surface area contributed by atoms with Crippen molar-refractivity contribution < 1.29 is 28.1 Å². The molecule has 0 bridgehead atoms. The molecule has 6 nitrogen and oxygen atoms in total. The molecule has 0 aliphatic carbocycles. The van der Waals surface area contributed by atoms with E-state index in [0.29, 0.717) is 33.6 Å². The highest BCUT2D eigenvalue weighted by molar-refractivity contribution is 7.39. The van der Waals surface area contributed by atoms with Crippen LogP contribution in [0.4, 0.5) is 4.39 Å². The van der Waals surface area contributed by atoms with Gasteiger partial charge in [-0.3, -0.25) is 9.78 Å². The smallest absolute Gasteiger partial charge is 0.435 e. The number of carbonyl (C=O) groups excluding carboxylic acids is 1. The molecule has 1 aromatic heterocycles. The van der Waals surface area contributed by atoms with Gasteiger partial charge in [-0.1, -0.05) is 56.8 Å². The van der Waals surface area contributed by atoms with Crippen LogP contribution in [0.2, 0.25) is 0 Å². The maximum atomic E-state index is 14.0. The van der Waals surface area contributed by atoms with Crippen molar-refractivity contribution in [3.8, 4) is 22.4 Å². The first-order valence-corrected chi connectivity index (χ1v) is 12.8. The zero-order valence-corrected chi connectivity index (χ0v) is 21.7. The average Bonchev–Trinajstić information content (AvgIpc) is 2.84. The van der Waals surface area contributed by atoms with Gasteiger partial charge < -0.3 is 9.84 Å². The van der Waals surface area contributed by atoms with Gasteiger partial charge in [-0.25, -0.2) is 4.39 Å². The Balaban J connectivity index is 2.37. The van der Waals surface area contributed by atoms with Gasteiger partial charge in [0, 0.05) is 11.1 Å². The Bertz CT molecular complexity index is 1260. The molecule has 1 heterocycles. The molecule has 3 atom stereocenters. The van der Waals surface area contributed by atoms with E-state index < -0.39 is 32.2 Å². The minimum absolute atomic E-state index is 0.141. The van der Waals surface area contributed by atoms with E-state index in [9.17, 15) is 18.9 Å². The number of aromatic nitrogens is 1. The molecule has 1 N–H and O–H groups in total. The molecule has 3 aromatic rings. The molecule has 36 heavy (non-hydrogen) atoms. The molecule has 2 aromatic carbocycles. The second-order valence-electron chi connectivity index (χ2n) is 8.67. The van der Waals surface area contributed by atoms with E-state index in [0.717, 1.165) is 11.8 Å². The van der Waals surface area contributed by atoms with Gasteiger partial charge in [0.1, 0.15) is 11.9 Å². The van der Waals surface area contributed by atoms with E-state index in [1.807, 2.05) is 50.2 Å². The molecular weight excluding hydrogens is 480 g/mol. The fourth-order valence-corrected chi connectivity index (χ4v) is 5.31. The van der Waals surface area contributed by atoms with E-state index in [2.05, 4.69) is 6.58 Å². The molecule has 0 aliphatic rings. The highest BCUT2D eigenvalue weighted by Crippen LogP contribution is 2.51. The Morgan fingerprint density at radius 1 is 1.17 bits per heavy atom. The van der Waals surface area contributed by atoms with Gasteiger partial charge in [-0.2, -0.15) is 0 Å². The summed E-state index contributed by atoms with van der Waals surface area (Å²) in [6, 6.07) is 15.8. The lowest BCUT2D eigenvalue weighted by Gasteiger charge is -2.23. The van der Waals surface area contributed by atoms with Crippen LogP contribution in [0.1, 0.15) is 48.7 Å². The molecule has 0 aliphatic heterocycles. The molecule has 8 heteroatoms. The lowest BCUT2D eigenvalue weighted by molar-refractivity contribution is -0.140. The van der Waals surface area contributed by atoms with Crippen LogP contribution in [0, 0.1) is 12.7 Å². The lowest BCUT2D eigenvalue weighted by atomic mass is 9.87. The zero-order chi connectivity index (χ0) is 26.4. The van der Waals surface area contributed by atoms with Crippen molar-refractivity contribution in [2.75, 3.05) is 7.11 Å². The van der Waals surface area contributed by atoms with Crippen molar-refractivity contribution in [1.29, 1.82) is 0 Å². The lowest BCUT2D eigenvalue weighted by Crippen LogP contribution is -2.23. The number of halogens is 1. The summed E-state index contributed by atoms with van der Waals surface area (Å²) in [6.07, 6.45) is -0.855. The summed E-state index contributed by atoms with van der Waals surface area (Å²) in [5.41, 5.74) is 3.51. The van der Waals surface area contributed by atoms with Crippen LogP contribution in [0.25, 0.3) is 22.4 Å². The van der Waals surface area contributed by atoms with Crippen molar-refractivity contribution in [3.63, 3.8) is 0 Å². The highest BCUT2D eigenvalue weighted by atomic mass is 31.1. The molecule has 0 radical (unpaired) electrons. The number of carbonyl (C=O) groups is 1. The summed E-state index contributed by atoms with van der Waals surface area (Å²) in [5.74, 6) is -1.24. The van der Waals surface area contributed by atoms with Gasteiger partial charge in [0.2, 0.25) is 5.66 Å². The summed E-state index contributed by atoms with van der Waals surface area (Å²) in [5, 5.41) is 11.2. The Morgan fingerprint density at radius 2 is 1.86 bits per heavy atom. The second-order valence-corrected chi connectivity index (χ2v) is 10.2. The van der Waals surface area contributed by atoms with Crippen molar-refractivity contribution in [2.45, 2.75) is 44.9 Å². The number of benzene rings is 2. The third-order valence-corrected chi connectivity index (χ3v) is 7.26. The number of aliphatic hydroxyl groups excluding tert-OH is 1. The van der Waals surface area contributed by atoms with Crippen LogP contribution < -0.4 is 0 Å². The van der Waals surface area contributed by atoms with Gasteiger partial charge in [0.25, 0.3) is 0 Å². The van der Waals surface area contributed by atoms with Gasteiger partial charge in [-0.15, -0.1) is 4.52 Å². The van der Waals surface area contributed by atoms with Gasteiger partial charge >= 0.3 is 14.0 Å². The Labute approximate surface area is 211 Å². The molecule has 0 spiro atoms. The summed E-state index contributed by atoms with van der Waals surface area (Å²) in [7, 11) is -1.19. The Kier molecular flexibility index (Phi) is 9.21. The van der Waals surface area contributed by atoms with Crippen LogP contribution in [0.15, 0.2) is 67.4 Å². The molecule has 188 valence electrons.